The summed E-state index contributed by atoms with van der Waals surface area (Å²) in [5, 5.41) is 0. The number of ether oxygens (including phenoxy) is 4. The van der Waals surface area contributed by atoms with E-state index in [0.29, 0.717) is 23.3 Å². The van der Waals surface area contributed by atoms with Crippen molar-refractivity contribution in [2.45, 2.75) is 58.8 Å². The highest BCUT2D eigenvalue weighted by molar-refractivity contribution is 5.89. The molecule has 1 aliphatic carbocycles. The standard InChI is InChI=1S/C20H30O6/c1-6-9-24-18(19(22)23-5)15-11-17(21)26-20(15)25-16-10-13(4)7-8-14(16)12(2)3/h6,12-14,16,20H,1,7-11H2,2-5H3/b18-15-/t13-,14+,16-,20-/m1/s1. The molecule has 1 saturated carbocycles. The van der Waals surface area contributed by atoms with Gasteiger partial charge in [0, 0.05) is 0 Å². The summed E-state index contributed by atoms with van der Waals surface area (Å²) in [6, 6.07) is 0. The molecule has 146 valence electrons. The molecule has 6 nitrogen and oxygen atoms in total. The summed E-state index contributed by atoms with van der Waals surface area (Å²) in [6.07, 6.45) is 3.72. The molecule has 2 rings (SSSR count). The van der Waals surface area contributed by atoms with Crippen molar-refractivity contribution in [1.82, 2.24) is 0 Å². The van der Waals surface area contributed by atoms with Crippen LogP contribution in [0.25, 0.3) is 0 Å². The molecule has 0 bridgehead atoms. The average Bonchev–Trinajstić information content (AvgIpc) is 2.94. The third-order valence-electron chi connectivity index (χ3n) is 5.13. The molecule has 2 fully saturated rings. The van der Waals surface area contributed by atoms with Crippen molar-refractivity contribution < 1.29 is 28.5 Å². The van der Waals surface area contributed by atoms with Crippen molar-refractivity contribution in [1.29, 1.82) is 0 Å². The van der Waals surface area contributed by atoms with Gasteiger partial charge in [-0.15, -0.1) is 0 Å². The van der Waals surface area contributed by atoms with Gasteiger partial charge in [0.05, 0.1) is 25.2 Å². The van der Waals surface area contributed by atoms with Gasteiger partial charge in [0.25, 0.3) is 0 Å². The van der Waals surface area contributed by atoms with Crippen LogP contribution in [0.1, 0.15) is 46.5 Å². The normalized spacial score (nSPS) is 30.7. The van der Waals surface area contributed by atoms with Crippen LogP contribution < -0.4 is 0 Å². The summed E-state index contributed by atoms with van der Waals surface area (Å²) >= 11 is 0. The van der Waals surface area contributed by atoms with Gasteiger partial charge in [-0.25, -0.2) is 4.79 Å². The molecule has 26 heavy (non-hydrogen) atoms. The minimum absolute atomic E-state index is 0.0202. The Morgan fingerprint density at radius 1 is 1.38 bits per heavy atom. The number of carbonyl (C=O) groups is 2. The zero-order valence-corrected chi connectivity index (χ0v) is 16.2. The van der Waals surface area contributed by atoms with Gasteiger partial charge in [-0.3, -0.25) is 4.79 Å². The molecule has 4 atom stereocenters. The SMILES string of the molecule is C=CCO/C(C(=O)OC)=C1/CC(=O)O[C@H]1O[C@@H]1C[C@H](C)CC[C@H]1C(C)C. The van der Waals surface area contributed by atoms with Gasteiger partial charge in [0.15, 0.2) is 0 Å². The Morgan fingerprint density at radius 2 is 2.12 bits per heavy atom. The number of esters is 2. The fraction of sp³-hybridized carbons (Fsp3) is 0.700. The maximum absolute atomic E-state index is 12.1. The second kappa shape index (κ2) is 9.21. The summed E-state index contributed by atoms with van der Waals surface area (Å²) in [7, 11) is 1.27. The number of hydrogen-bond acceptors (Lipinski definition) is 6. The lowest BCUT2D eigenvalue weighted by molar-refractivity contribution is -0.179. The molecule has 1 heterocycles. The number of hydrogen-bond donors (Lipinski definition) is 0. The highest BCUT2D eigenvalue weighted by Crippen LogP contribution is 2.38. The van der Waals surface area contributed by atoms with E-state index < -0.39 is 18.2 Å². The first-order chi connectivity index (χ1) is 12.4. The second-order valence-electron chi connectivity index (χ2n) is 7.44. The molecular weight excluding hydrogens is 336 g/mol. The Bertz CT molecular complexity index is 565. The smallest absolute Gasteiger partial charge is 0.373 e. The summed E-state index contributed by atoms with van der Waals surface area (Å²) in [5.41, 5.74) is 0.393. The quantitative estimate of drug-likeness (QED) is 0.298. The number of rotatable bonds is 7. The Hall–Kier alpha value is -1.82. The van der Waals surface area contributed by atoms with E-state index in [2.05, 4.69) is 27.4 Å². The van der Waals surface area contributed by atoms with Crippen LogP contribution in [0.3, 0.4) is 0 Å². The van der Waals surface area contributed by atoms with Crippen LogP contribution in [-0.4, -0.2) is 38.0 Å². The molecular formula is C20H30O6. The summed E-state index contributed by atoms with van der Waals surface area (Å²) < 4.78 is 21.8. The van der Waals surface area contributed by atoms with Gasteiger partial charge < -0.3 is 18.9 Å². The monoisotopic (exact) mass is 366 g/mol. The molecule has 0 N–H and O–H groups in total. The maximum atomic E-state index is 12.1. The fourth-order valence-corrected chi connectivity index (χ4v) is 3.72. The Balaban J connectivity index is 2.26. The van der Waals surface area contributed by atoms with E-state index in [4.69, 9.17) is 18.9 Å². The Morgan fingerprint density at radius 3 is 2.73 bits per heavy atom. The summed E-state index contributed by atoms with van der Waals surface area (Å²) in [6.45, 7) is 10.3. The largest absolute Gasteiger partial charge is 0.482 e. The van der Waals surface area contributed by atoms with E-state index in [9.17, 15) is 9.59 Å². The summed E-state index contributed by atoms with van der Waals surface area (Å²) in [5.74, 6) is 0.311. The van der Waals surface area contributed by atoms with Crippen molar-refractivity contribution in [3.63, 3.8) is 0 Å². The van der Waals surface area contributed by atoms with Crippen molar-refractivity contribution in [2.24, 2.45) is 17.8 Å². The van der Waals surface area contributed by atoms with Gasteiger partial charge in [-0.05, 0) is 30.6 Å². The Labute approximate surface area is 155 Å². The number of cyclic esters (lactones) is 1. The lowest BCUT2D eigenvalue weighted by Gasteiger charge is -2.38. The fourth-order valence-electron chi connectivity index (χ4n) is 3.72. The van der Waals surface area contributed by atoms with Crippen molar-refractivity contribution in [3.8, 4) is 0 Å². The molecule has 0 amide bonds. The van der Waals surface area contributed by atoms with E-state index in [1.165, 1.54) is 19.6 Å². The third-order valence-corrected chi connectivity index (χ3v) is 5.13. The van der Waals surface area contributed by atoms with Gasteiger partial charge in [0.1, 0.15) is 6.61 Å². The topological polar surface area (TPSA) is 71.1 Å². The van der Waals surface area contributed by atoms with Gasteiger partial charge >= 0.3 is 11.9 Å². The predicted octanol–water partition coefficient (Wildman–Crippen LogP) is 3.37. The van der Waals surface area contributed by atoms with E-state index in [1.807, 2.05) is 0 Å². The van der Waals surface area contributed by atoms with Crippen LogP contribution in [0.15, 0.2) is 24.0 Å². The second-order valence-corrected chi connectivity index (χ2v) is 7.44. The molecule has 0 aromatic carbocycles. The zero-order chi connectivity index (χ0) is 19.3. The highest BCUT2D eigenvalue weighted by Gasteiger charge is 2.40. The van der Waals surface area contributed by atoms with Crippen molar-refractivity contribution in [2.75, 3.05) is 13.7 Å². The molecule has 6 heteroatoms. The molecule has 1 aliphatic heterocycles. The highest BCUT2D eigenvalue weighted by atomic mass is 16.7. The zero-order valence-electron chi connectivity index (χ0n) is 16.2. The van der Waals surface area contributed by atoms with E-state index in [1.54, 1.807) is 0 Å². The van der Waals surface area contributed by atoms with E-state index in [0.717, 1.165) is 12.8 Å². The van der Waals surface area contributed by atoms with Gasteiger partial charge in [0.2, 0.25) is 12.0 Å². The van der Waals surface area contributed by atoms with E-state index >= 15 is 0 Å². The summed E-state index contributed by atoms with van der Waals surface area (Å²) in [4.78, 5) is 24.0. The molecule has 0 spiro atoms. The molecule has 2 aliphatic rings. The Kier molecular flexibility index (Phi) is 7.26. The van der Waals surface area contributed by atoms with E-state index in [-0.39, 0.29) is 24.9 Å². The van der Waals surface area contributed by atoms with Gasteiger partial charge in [-0.2, -0.15) is 0 Å². The van der Waals surface area contributed by atoms with Crippen LogP contribution in [0.4, 0.5) is 0 Å². The van der Waals surface area contributed by atoms with Crippen molar-refractivity contribution in [3.05, 3.63) is 24.0 Å². The number of carbonyl (C=O) groups excluding carboxylic acids is 2. The molecule has 0 unspecified atom stereocenters. The lowest BCUT2D eigenvalue weighted by atomic mass is 9.75. The molecule has 0 aromatic heterocycles. The minimum Gasteiger partial charge on any atom is -0.482 e. The predicted molar refractivity (Wildman–Crippen MR) is 95.9 cm³/mol. The first-order valence-electron chi connectivity index (χ1n) is 9.27. The first kappa shape index (κ1) is 20.5. The minimum atomic E-state index is -0.905. The van der Waals surface area contributed by atoms with Crippen molar-refractivity contribution >= 4 is 11.9 Å². The molecule has 1 saturated heterocycles. The maximum Gasteiger partial charge on any atom is 0.373 e. The van der Waals surface area contributed by atoms with Crippen LogP contribution in [-0.2, 0) is 28.5 Å². The average molecular weight is 366 g/mol. The van der Waals surface area contributed by atoms with Crippen LogP contribution >= 0.6 is 0 Å². The molecule has 0 aromatic rings. The van der Waals surface area contributed by atoms with Crippen LogP contribution in [0.2, 0.25) is 0 Å². The van der Waals surface area contributed by atoms with Crippen LogP contribution in [0.5, 0.6) is 0 Å². The third kappa shape index (κ3) is 4.87. The molecule has 0 radical (unpaired) electrons. The van der Waals surface area contributed by atoms with Gasteiger partial charge in [-0.1, -0.05) is 39.8 Å². The lowest BCUT2D eigenvalue weighted by Crippen LogP contribution is -2.37. The van der Waals surface area contributed by atoms with Crippen LogP contribution in [0, 0.1) is 17.8 Å². The first-order valence-corrected chi connectivity index (χ1v) is 9.27. The number of methoxy groups -OCH3 is 1.